The summed E-state index contributed by atoms with van der Waals surface area (Å²) in [6.07, 6.45) is 1.08. The molecule has 36 heavy (non-hydrogen) atoms. The molecule has 0 unspecified atom stereocenters. The van der Waals surface area contributed by atoms with Crippen LogP contribution in [0.1, 0.15) is 34.1 Å². The number of oxazole rings is 1. The molecule has 9 heteroatoms. The monoisotopic (exact) mass is 488 g/mol. The van der Waals surface area contributed by atoms with Gasteiger partial charge in [0.25, 0.3) is 5.92 Å². The van der Waals surface area contributed by atoms with Gasteiger partial charge in [-0.15, -0.1) is 0 Å². The summed E-state index contributed by atoms with van der Waals surface area (Å²) in [6.45, 7) is 3.03. The number of halogens is 2. The van der Waals surface area contributed by atoms with Crippen LogP contribution in [0.3, 0.4) is 0 Å². The van der Waals surface area contributed by atoms with Crippen LogP contribution in [0.4, 0.5) is 20.4 Å². The van der Waals surface area contributed by atoms with Gasteiger partial charge in [0.05, 0.1) is 17.6 Å². The van der Waals surface area contributed by atoms with Crippen LogP contribution in [0.5, 0.6) is 0 Å². The molecule has 0 bridgehead atoms. The molecule has 0 atom stereocenters. The van der Waals surface area contributed by atoms with E-state index >= 15 is 0 Å². The number of rotatable bonds is 7. The molecule has 2 aromatic heterocycles. The number of aromatic carboxylic acids is 1. The Morgan fingerprint density at radius 1 is 1.08 bits per heavy atom. The minimum absolute atomic E-state index is 0.0502. The van der Waals surface area contributed by atoms with E-state index in [4.69, 9.17) is 14.5 Å². The molecule has 0 saturated heterocycles. The molecule has 0 radical (unpaired) electrons. The molecule has 5 aromatic rings. The molecule has 2 N–H and O–H groups in total. The van der Waals surface area contributed by atoms with Crippen molar-refractivity contribution in [3.05, 3.63) is 95.4 Å². The predicted octanol–water partition coefficient (Wildman–Crippen LogP) is 6.60. The Hall–Kier alpha value is -4.53. The van der Waals surface area contributed by atoms with E-state index in [1.54, 1.807) is 36.4 Å². The van der Waals surface area contributed by atoms with Crippen molar-refractivity contribution in [2.75, 3.05) is 5.32 Å². The normalized spacial score (nSPS) is 11.7. The van der Waals surface area contributed by atoms with Crippen LogP contribution in [0, 0.1) is 6.92 Å². The highest BCUT2D eigenvalue weighted by atomic mass is 19.3. The molecule has 0 fully saturated rings. The molecular weight excluding hydrogens is 466 g/mol. The molecule has 2 heterocycles. The summed E-state index contributed by atoms with van der Waals surface area (Å²) in [5.41, 5.74) is 3.93. The third-order valence-electron chi connectivity index (χ3n) is 5.84. The van der Waals surface area contributed by atoms with Gasteiger partial charge in [-0.1, -0.05) is 42.0 Å². The van der Waals surface area contributed by atoms with Gasteiger partial charge in [0.15, 0.2) is 5.69 Å². The molecule has 0 aliphatic rings. The molecule has 182 valence electrons. The molecule has 0 spiro atoms. The molecule has 3 aromatic carbocycles. The predicted molar refractivity (Wildman–Crippen MR) is 132 cm³/mol. The number of carboxylic acids is 1. The van der Waals surface area contributed by atoms with Crippen LogP contribution in [0.2, 0.25) is 0 Å². The molecule has 7 nitrogen and oxygen atoms in total. The Morgan fingerprint density at radius 3 is 2.53 bits per heavy atom. The fourth-order valence-corrected chi connectivity index (χ4v) is 4.05. The highest BCUT2D eigenvalue weighted by Crippen LogP contribution is 2.33. The highest BCUT2D eigenvalue weighted by Gasteiger charge is 2.27. The zero-order valence-corrected chi connectivity index (χ0v) is 19.5. The smallest absolute Gasteiger partial charge is 0.357 e. The van der Waals surface area contributed by atoms with Gasteiger partial charge in [-0.25, -0.2) is 23.5 Å². The van der Waals surface area contributed by atoms with Gasteiger partial charge in [0.1, 0.15) is 6.26 Å². The van der Waals surface area contributed by atoms with Crippen LogP contribution < -0.4 is 5.32 Å². The van der Waals surface area contributed by atoms with Gasteiger partial charge < -0.3 is 19.4 Å². The number of carboxylic acid groups (broad SMARTS) is 1. The maximum Gasteiger partial charge on any atom is 0.357 e. The second-order valence-electron chi connectivity index (χ2n) is 8.60. The fraction of sp³-hybridized carbons (Fsp3) is 0.148. The molecule has 0 aliphatic carbocycles. The first-order chi connectivity index (χ1) is 17.2. The number of hydrogen-bond donors (Lipinski definition) is 2. The molecule has 5 rings (SSSR count). The lowest BCUT2D eigenvalue weighted by atomic mass is 10.0. The maximum atomic E-state index is 14.3. The van der Waals surface area contributed by atoms with Gasteiger partial charge in [-0.2, -0.15) is 0 Å². The summed E-state index contributed by atoms with van der Waals surface area (Å²) >= 11 is 0. The van der Waals surface area contributed by atoms with Crippen molar-refractivity contribution in [2.45, 2.75) is 26.3 Å². The lowest BCUT2D eigenvalue weighted by molar-refractivity contribution is 0.0164. The summed E-state index contributed by atoms with van der Waals surface area (Å²) < 4.78 is 35.8. The van der Waals surface area contributed by atoms with Crippen LogP contribution in [0.25, 0.3) is 22.5 Å². The number of carbonyl (C=O) groups is 1. The van der Waals surface area contributed by atoms with Gasteiger partial charge in [0.2, 0.25) is 11.8 Å². The fourth-order valence-electron chi connectivity index (χ4n) is 4.05. The number of fused-ring (bicyclic) bond motifs is 1. The number of aromatic nitrogens is 3. The third-order valence-corrected chi connectivity index (χ3v) is 5.84. The van der Waals surface area contributed by atoms with E-state index in [-0.39, 0.29) is 23.7 Å². The number of alkyl halides is 2. The number of hydrogen-bond acceptors (Lipinski definition) is 5. The molecule has 0 aliphatic heterocycles. The van der Waals surface area contributed by atoms with Crippen LogP contribution in [0.15, 0.2) is 77.4 Å². The van der Waals surface area contributed by atoms with Crippen LogP contribution >= 0.6 is 0 Å². The van der Waals surface area contributed by atoms with Crippen molar-refractivity contribution in [1.82, 2.24) is 14.5 Å². The minimum Gasteiger partial charge on any atom is -0.476 e. The number of imidazole rings is 1. The average molecular weight is 488 g/mol. The summed E-state index contributed by atoms with van der Waals surface area (Å²) in [5, 5.41) is 12.4. The maximum absolute atomic E-state index is 14.3. The first-order valence-corrected chi connectivity index (χ1v) is 11.2. The van der Waals surface area contributed by atoms with E-state index in [9.17, 15) is 13.6 Å². The van der Waals surface area contributed by atoms with E-state index in [0.717, 1.165) is 24.4 Å². The topological polar surface area (TPSA) is 93.2 Å². The summed E-state index contributed by atoms with van der Waals surface area (Å²) in [6, 6.07) is 19.4. The SMILES string of the molecule is Cc1ccc(Nc2nc3cc(-c4nc(C(=O)O)co4)ccc3n2Cc2ccccc2C(C)(F)F)cc1. The Balaban J connectivity index is 1.61. The van der Waals surface area contributed by atoms with Crippen LogP contribution in [-0.2, 0) is 12.5 Å². The summed E-state index contributed by atoms with van der Waals surface area (Å²) in [4.78, 5) is 19.9. The van der Waals surface area contributed by atoms with Crippen molar-refractivity contribution in [2.24, 2.45) is 0 Å². The van der Waals surface area contributed by atoms with E-state index in [1.165, 1.54) is 6.07 Å². The molecule has 0 amide bonds. The average Bonchev–Trinajstić information content (AvgIpc) is 3.46. The van der Waals surface area contributed by atoms with Crippen molar-refractivity contribution in [3.8, 4) is 11.5 Å². The number of benzene rings is 3. The number of aryl methyl sites for hydroxylation is 1. The van der Waals surface area contributed by atoms with Crippen molar-refractivity contribution >= 4 is 28.6 Å². The number of nitrogens with zero attached hydrogens (tertiary/aromatic N) is 3. The first-order valence-electron chi connectivity index (χ1n) is 11.2. The first kappa shape index (κ1) is 23.2. The van der Waals surface area contributed by atoms with E-state index in [1.807, 2.05) is 35.8 Å². The molecular formula is C27H22F2N4O3. The standard InChI is InChI=1S/C27H22F2N4O3/c1-16-7-10-19(11-8-16)30-26-32-21-13-17(24-31-22(15-36-24)25(34)35)9-12-23(21)33(26)14-18-5-3-4-6-20(18)27(2,28)29/h3-13,15H,14H2,1-2H3,(H,30,32)(H,34,35). The largest absolute Gasteiger partial charge is 0.476 e. The van der Waals surface area contributed by atoms with Gasteiger partial charge >= 0.3 is 5.97 Å². The minimum atomic E-state index is -3.00. The number of nitrogens with one attached hydrogen (secondary N) is 1. The second-order valence-corrected chi connectivity index (χ2v) is 8.60. The van der Waals surface area contributed by atoms with E-state index in [0.29, 0.717) is 28.1 Å². The summed E-state index contributed by atoms with van der Waals surface area (Å²) in [7, 11) is 0. The Bertz CT molecular complexity index is 1570. The zero-order valence-electron chi connectivity index (χ0n) is 19.5. The van der Waals surface area contributed by atoms with Crippen LogP contribution in [-0.4, -0.2) is 25.6 Å². The van der Waals surface area contributed by atoms with E-state index in [2.05, 4.69) is 10.3 Å². The molecule has 0 saturated carbocycles. The highest BCUT2D eigenvalue weighted by molar-refractivity contribution is 5.87. The summed E-state index contributed by atoms with van der Waals surface area (Å²) in [5.74, 6) is -3.57. The van der Waals surface area contributed by atoms with Gasteiger partial charge in [0, 0.05) is 23.7 Å². The lowest BCUT2D eigenvalue weighted by Crippen LogP contribution is -2.13. The Kier molecular flexibility index (Phi) is 5.75. The Morgan fingerprint density at radius 2 is 1.83 bits per heavy atom. The van der Waals surface area contributed by atoms with Gasteiger partial charge in [-0.05, 0) is 42.8 Å². The van der Waals surface area contributed by atoms with Crippen molar-refractivity contribution < 1.29 is 23.1 Å². The van der Waals surface area contributed by atoms with Crippen molar-refractivity contribution in [3.63, 3.8) is 0 Å². The third kappa shape index (κ3) is 4.55. The van der Waals surface area contributed by atoms with E-state index < -0.39 is 11.9 Å². The van der Waals surface area contributed by atoms with Crippen molar-refractivity contribution in [1.29, 1.82) is 0 Å². The Labute approximate surface area is 205 Å². The number of anilines is 2. The lowest BCUT2D eigenvalue weighted by Gasteiger charge is -2.18. The quantitative estimate of drug-likeness (QED) is 0.268. The van der Waals surface area contributed by atoms with Gasteiger partial charge in [-0.3, -0.25) is 0 Å². The second kappa shape index (κ2) is 8.92. The zero-order chi connectivity index (χ0) is 25.4.